The molecule has 0 aromatic heterocycles. The summed E-state index contributed by atoms with van der Waals surface area (Å²) >= 11 is 0. The van der Waals surface area contributed by atoms with E-state index in [1.165, 1.54) is 6.42 Å². The smallest absolute Gasteiger partial charge is 0.410 e. The fraction of sp³-hybridized carbons (Fsp3) is 0.550. The number of ether oxygens (including phenoxy) is 1. The lowest BCUT2D eigenvalue weighted by Gasteiger charge is -2.28. The molecule has 1 aromatic carbocycles. The minimum absolute atomic E-state index is 0.0415. The molecule has 2 atom stereocenters. The van der Waals surface area contributed by atoms with E-state index in [2.05, 4.69) is 11.4 Å². The number of benzene rings is 1. The standard InChI is InChI=1S/C20H23N3O3/c21-11-10-14-12-20(16-8-4-5-9-17(16)22-18(20)24)13-23(14)19(25)26-15-6-2-1-3-7-15/h4-5,8-9,14-15H,1-3,6-7,10,12-13H2,(H,22,24)/t14?,20-/m0/s1. The maximum Gasteiger partial charge on any atom is 0.410 e. The SMILES string of the molecule is N#CCC1C[C@@]2(CN1C(=O)OC1CCCCC1)C(=O)Nc1ccccc12. The number of carbonyl (C=O) groups excluding carboxylic acids is 2. The number of fused-ring (bicyclic) bond motifs is 2. The molecule has 1 spiro atoms. The van der Waals surface area contributed by atoms with Gasteiger partial charge in [0, 0.05) is 18.3 Å². The molecule has 1 saturated carbocycles. The minimum atomic E-state index is -0.774. The van der Waals surface area contributed by atoms with Crippen molar-refractivity contribution in [3.63, 3.8) is 0 Å². The second-order valence-electron chi connectivity index (χ2n) is 7.57. The number of hydrogen-bond acceptors (Lipinski definition) is 4. The third-order valence-corrected chi connectivity index (χ3v) is 5.97. The normalized spacial score (nSPS) is 27.9. The van der Waals surface area contributed by atoms with Crippen LogP contribution in [0, 0.1) is 11.3 Å². The monoisotopic (exact) mass is 353 g/mol. The minimum Gasteiger partial charge on any atom is -0.446 e. The molecule has 136 valence electrons. The van der Waals surface area contributed by atoms with Gasteiger partial charge in [0.25, 0.3) is 0 Å². The summed E-state index contributed by atoms with van der Waals surface area (Å²) in [6, 6.07) is 9.47. The third kappa shape index (κ3) is 2.72. The number of nitriles is 1. The Balaban J connectivity index is 1.58. The highest BCUT2D eigenvalue weighted by Crippen LogP contribution is 2.47. The summed E-state index contributed by atoms with van der Waals surface area (Å²) in [6.07, 6.45) is 5.40. The summed E-state index contributed by atoms with van der Waals surface area (Å²) in [6.45, 7) is 0.272. The predicted molar refractivity (Wildman–Crippen MR) is 95.4 cm³/mol. The highest BCUT2D eigenvalue weighted by atomic mass is 16.6. The van der Waals surface area contributed by atoms with Crippen LogP contribution in [0.25, 0.3) is 0 Å². The molecule has 0 bridgehead atoms. The maximum absolute atomic E-state index is 12.8. The fourth-order valence-corrected chi connectivity index (χ4v) is 4.62. The van der Waals surface area contributed by atoms with E-state index in [1.807, 2.05) is 24.3 Å². The van der Waals surface area contributed by atoms with Crippen LogP contribution in [-0.4, -0.2) is 35.6 Å². The second-order valence-corrected chi connectivity index (χ2v) is 7.57. The van der Waals surface area contributed by atoms with Crippen LogP contribution >= 0.6 is 0 Å². The number of anilines is 1. The van der Waals surface area contributed by atoms with Gasteiger partial charge in [0.05, 0.1) is 17.9 Å². The molecule has 1 unspecified atom stereocenters. The van der Waals surface area contributed by atoms with Gasteiger partial charge in [0.15, 0.2) is 0 Å². The number of likely N-dealkylation sites (tertiary alicyclic amines) is 1. The molecule has 6 heteroatoms. The number of rotatable bonds is 2. The largest absolute Gasteiger partial charge is 0.446 e. The van der Waals surface area contributed by atoms with Gasteiger partial charge in [-0.05, 0) is 43.7 Å². The van der Waals surface area contributed by atoms with E-state index in [9.17, 15) is 14.9 Å². The summed E-state index contributed by atoms with van der Waals surface area (Å²) in [4.78, 5) is 27.2. The van der Waals surface area contributed by atoms with Crippen molar-refractivity contribution in [3.8, 4) is 6.07 Å². The molecule has 1 aromatic rings. The number of nitrogens with one attached hydrogen (secondary N) is 1. The van der Waals surface area contributed by atoms with Gasteiger partial charge in [-0.25, -0.2) is 4.79 Å². The Morgan fingerprint density at radius 2 is 2.08 bits per heavy atom. The first-order valence-corrected chi connectivity index (χ1v) is 9.39. The van der Waals surface area contributed by atoms with Crippen molar-refractivity contribution >= 4 is 17.7 Å². The molecule has 1 aliphatic carbocycles. The Hall–Kier alpha value is -2.55. The van der Waals surface area contributed by atoms with Gasteiger partial charge >= 0.3 is 6.09 Å². The highest BCUT2D eigenvalue weighted by molar-refractivity contribution is 6.07. The van der Waals surface area contributed by atoms with Gasteiger partial charge in [-0.1, -0.05) is 24.6 Å². The number of carbonyl (C=O) groups is 2. The van der Waals surface area contributed by atoms with Crippen LogP contribution in [0.3, 0.4) is 0 Å². The van der Waals surface area contributed by atoms with Crippen molar-refractivity contribution in [2.45, 2.75) is 62.5 Å². The van der Waals surface area contributed by atoms with Gasteiger partial charge in [-0.15, -0.1) is 0 Å². The van der Waals surface area contributed by atoms with Crippen LogP contribution in [0.1, 0.15) is 50.5 Å². The predicted octanol–water partition coefficient (Wildman–Crippen LogP) is 3.33. The molecule has 4 rings (SSSR count). The van der Waals surface area contributed by atoms with Crippen molar-refractivity contribution in [2.24, 2.45) is 0 Å². The molecule has 2 amide bonds. The Labute approximate surface area is 153 Å². The van der Waals surface area contributed by atoms with E-state index >= 15 is 0 Å². The van der Waals surface area contributed by atoms with E-state index in [0.29, 0.717) is 6.42 Å². The molecule has 2 heterocycles. The topological polar surface area (TPSA) is 82.4 Å². The van der Waals surface area contributed by atoms with Crippen LogP contribution in [0.2, 0.25) is 0 Å². The van der Waals surface area contributed by atoms with Crippen molar-refractivity contribution in [3.05, 3.63) is 29.8 Å². The molecule has 1 saturated heterocycles. The Kier molecular flexibility index (Phi) is 4.31. The van der Waals surface area contributed by atoms with Gasteiger partial charge in [-0.3, -0.25) is 4.79 Å². The van der Waals surface area contributed by atoms with Crippen molar-refractivity contribution < 1.29 is 14.3 Å². The number of amides is 2. The summed E-state index contributed by atoms with van der Waals surface area (Å²) in [5.74, 6) is -0.0883. The molecule has 0 radical (unpaired) electrons. The van der Waals surface area contributed by atoms with Gasteiger partial charge in [-0.2, -0.15) is 5.26 Å². The number of hydrogen-bond donors (Lipinski definition) is 1. The van der Waals surface area contributed by atoms with Gasteiger partial charge < -0.3 is 15.0 Å². The van der Waals surface area contributed by atoms with Crippen molar-refractivity contribution in [1.29, 1.82) is 5.26 Å². The molecular formula is C20H23N3O3. The lowest BCUT2D eigenvalue weighted by atomic mass is 9.79. The molecule has 26 heavy (non-hydrogen) atoms. The summed E-state index contributed by atoms with van der Waals surface area (Å²) in [7, 11) is 0. The zero-order valence-corrected chi connectivity index (χ0v) is 14.7. The van der Waals surface area contributed by atoms with Gasteiger partial charge in [0.1, 0.15) is 6.10 Å². The molecule has 2 aliphatic heterocycles. The Morgan fingerprint density at radius 3 is 2.85 bits per heavy atom. The van der Waals surface area contributed by atoms with Crippen LogP contribution in [0.4, 0.5) is 10.5 Å². The number of para-hydroxylation sites is 1. The van der Waals surface area contributed by atoms with E-state index < -0.39 is 5.41 Å². The van der Waals surface area contributed by atoms with E-state index in [4.69, 9.17) is 4.74 Å². The van der Waals surface area contributed by atoms with E-state index in [0.717, 1.165) is 36.9 Å². The Morgan fingerprint density at radius 1 is 1.31 bits per heavy atom. The second kappa shape index (κ2) is 6.64. The first kappa shape index (κ1) is 16.9. The summed E-state index contributed by atoms with van der Waals surface area (Å²) < 4.78 is 5.72. The molecule has 1 N–H and O–H groups in total. The van der Waals surface area contributed by atoms with Gasteiger partial charge in [0.2, 0.25) is 5.91 Å². The highest BCUT2D eigenvalue weighted by Gasteiger charge is 2.56. The van der Waals surface area contributed by atoms with E-state index in [-0.39, 0.29) is 37.1 Å². The zero-order chi connectivity index (χ0) is 18.1. The first-order chi connectivity index (χ1) is 12.6. The fourth-order valence-electron chi connectivity index (χ4n) is 4.62. The van der Waals surface area contributed by atoms with Crippen LogP contribution in [-0.2, 0) is 14.9 Å². The lowest BCUT2D eigenvalue weighted by molar-refractivity contribution is -0.120. The molecule has 2 fully saturated rings. The average molecular weight is 353 g/mol. The van der Waals surface area contributed by atoms with E-state index in [1.54, 1.807) is 4.90 Å². The average Bonchev–Trinajstić information content (AvgIpc) is 3.16. The lowest BCUT2D eigenvalue weighted by Crippen LogP contribution is -2.41. The molecule has 6 nitrogen and oxygen atoms in total. The van der Waals surface area contributed by atoms with Crippen LogP contribution in [0.15, 0.2) is 24.3 Å². The molecule has 3 aliphatic rings. The van der Waals surface area contributed by atoms with Crippen molar-refractivity contribution in [2.75, 3.05) is 11.9 Å². The zero-order valence-electron chi connectivity index (χ0n) is 14.7. The summed E-state index contributed by atoms with van der Waals surface area (Å²) in [5, 5.41) is 12.1. The quantitative estimate of drug-likeness (QED) is 0.884. The third-order valence-electron chi connectivity index (χ3n) is 5.97. The van der Waals surface area contributed by atoms with Crippen LogP contribution in [0.5, 0.6) is 0 Å². The summed E-state index contributed by atoms with van der Waals surface area (Å²) in [5.41, 5.74) is 0.945. The Bertz CT molecular complexity index is 766. The maximum atomic E-state index is 12.8. The molecular weight excluding hydrogens is 330 g/mol. The first-order valence-electron chi connectivity index (χ1n) is 9.39. The van der Waals surface area contributed by atoms with Crippen LogP contribution < -0.4 is 5.32 Å². The van der Waals surface area contributed by atoms with Crippen molar-refractivity contribution in [1.82, 2.24) is 4.90 Å². The number of nitrogens with zero attached hydrogens (tertiary/aromatic N) is 2.